The highest BCUT2D eigenvalue weighted by Crippen LogP contribution is 2.42. The number of alkyl halides is 2. The molecule has 1 nitrogen and oxygen atoms in total. The molecule has 0 aromatic heterocycles. The van der Waals surface area contributed by atoms with E-state index < -0.39 is 0 Å². The molecule has 0 aromatic carbocycles. The molecule has 2 unspecified atom stereocenters. The lowest BCUT2D eigenvalue weighted by Crippen LogP contribution is -2.43. The van der Waals surface area contributed by atoms with Gasteiger partial charge in [0.15, 0.2) is 5.78 Å². The van der Waals surface area contributed by atoms with E-state index >= 15 is 0 Å². The predicted octanol–water partition coefficient (Wildman–Crippen LogP) is 4.61. The summed E-state index contributed by atoms with van der Waals surface area (Å²) in [6.07, 6.45) is 8.66. The maximum atomic E-state index is 12.1. The maximum absolute atomic E-state index is 12.1. The molecule has 15 heavy (non-hydrogen) atoms. The fourth-order valence-corrected chi connectivity index (χ4v) is 3.66. The second kappa shape index (κ2) is 6.39. The first-order chi connectivity index (χ1) is 7.11. The molecular weight excluding hydrogens is 320 g/mol. The summed E-state index contributed by atoms with van der Waals surface area (Å²) < 4.78 is -0.265. The molecule has 0 aliphatic heterocycles. The van der Waals surface area contributed by atoms with Crippen molar-refractivity contribution >= 4 is 37.6 Å². The second-order valence-corrected chi connectivity index (χ2v) is 6.98. The largest absolute Gasteiger partial charge is 0.298 e. The summed E-state index contributed by atoms with van der Waals surface area (Å²) in [5.41, 5.74) is 0. The summed E-state index contributed by atoms with van der Waals surface area (Å²) in [7, 11) is 0. The number of hydrogen-bond donors (Lipinski definition) is 0. The van der Waals surface area contributed by atoms with Crippen LogP contribution in [-0.2, 0) is 4.79 Å². The Bertz CT molecular complexity index is 218. The monoisotopic (exact) mass is 338 g/mol. The highest BCUT2D eigenvalue weighted by molar-refractivity contribution is 9.12. The summed E-state index contributed by atoms with van der Waals surface area (Å²) in [5, 5.41) is 0. The van der Waals surface area contributed by atoms with Gasteiger partial charge in [0, 0.05) is 11.2 Å². The zero-order valence-corrected chi connectivity index (χ0v) is 12.6. The molecule has 1 aliphatic carbocycles. The number of hydrogen-bond acceptors (Lipinski definition) is 1. The molecule has 0 bridgehead atoms. The molecule has 0 aromatic rings. The Kier molecular flexibility index (Phi) is 5.83. The molecule has 0 spiro atoms. The van der Waals surface area contributed by atoms with Crippen molar-refractivity contribution in [3.05, 3.63) is 0 Å². The minimum atomic E-state index is -0.265. The van der Waals surface area contributed by atoms with Gasteiger partial charge in [-0.25, -0.2) is 0 Å². The molecule has 2 atom stereocenters. The highest BCUT2D eigenvalue weighted by atomic mass is 79.9. The number of carbonyl (C=O) groups is 1. The van der Waals surface area contributed by atoms with Gasteiger partial charge in [-0.3, -0.25) is 4.79 Å². The third-order valence-corrected chi connectivity index (χ3v) is 6.46. The second-order valence-electron chi connectivity index (χ2n) is 4.46. The van der Waals surface area contributed by atoms with Crippen LogP contribution in [0.1, 0.15) is 58.3 Å². The van der Waals surface area contributed by atoms with Crippen molar-refractivity contribution < 1.29 is 4.79 Å². The Balaban J connectivity index is 2.47. The summed E-state index contributed by atoms with van der Waals surface area (Å²) in [4.78, 5) is 12.5. The zero-order valence-electron chi connectivity index (χ0n) is 9.40. The van der Waals surface area contributed by atoms with Crippen LogP contribution in [0, 0.1) is 0 Å². The Hall–Kier alpha value is 0.630. The molecule has 1 rings (SSSR count). The summed E-state index contributed by atoms with van der Waals surface area (Å²) in [6, 6.07) is 0. The van der Waals surface area contributed by atoms with Crippen molar-refractivity contribution in [1.29, 1.82) is 0 Å². The van der Waals surface area contributed by atoms with Crippen LogP contribution in [-0.4, -0.2) is 14.9 Å². The molecule has 1 aliphatic rings. The Labute approximate surface area is 110 Å². The van der Waals surface area contributed by atoms with Gasteiger partial charge >= 0.3 is 0 Å². The summed E-state index contributed by atoms with van der Waals surface area (Å²) in [5.74, 6) is 0.400. The smallest absolute Gasteiger partial charge is 0.150 e. The molecule has 0 saturated heterocycles. The van der Waals surface area contributed by atoms with E-state index in [0.717, 1.165) is 25.7 Å². The molecule has 0 amide bonds. The van der Waals surface area contributed by atoms with Crippen molar-refractivity contribution in [3.63, 3.8) is 0 Å². The van der Waals surface area contributed by atoms with Gasteiger partial charge in [-0.1, -0.05) is 64.5 Å². The van der Waals surface area contributed by atoms with Gasteiger partial charge in [0.2, 0.25) is 0 Å². The van der Waals surface area contributed by atoms with E-state index in [1.54, 1.807) is 0 Å². The van der Waals surface area contributed by atoms with Crippen LogP contribution in [0.4, 0.5) is 0 Å². The molecule has 3 heteroatoms. The molecule has 0 radical (unpaired) electrons. The van der Waals surface area contributed by atoms with Crippen LogP contribution >= 0.6 is 31.9 Å². The van der Waals surface area contributed by atoms with Gasteiger partial charge in [0.25, 0.3) is 0 Å². The van der Waals surface area contributed by atoms with E-state index in [1.807, 2.05) is 0 Å². The fourth-order valence-electron chi connectivity index (χ4n) is 2.15. The number of unbranched alkanes of at least 4 members (excludes halogenated alkanes) is 2. The number of ketones is 1. The van der Waals surface area contributed by atoms with Crippen LogP contribution < -0.4 is 0 Å². The first kappa shape index (κ1) is 13.7. The van der Waals surface area contributed by atoms with E-state index in [0.29, 0.717) is 10.6 Å². The van der Waals surface area contributed by atoms with Crippen molar-refractivity contribution in [2.45, 2.75) is 67.4 Å². The van der Waals surface area contributed by atoms with Gasteiger partial charge in [-0.2, -0.15) is 0 Å². The first-order valence-electron chi connectivity index (χ1n) is 5.97. The van der Waals surface area contributed by atoms with Gasteiger partial charge < -0.3 is 0 Å². The maximum Gasteiger partial charge on any atom is 0.150 e. The minimum Gasteiger partial charge on any atom is -0.298 e. The molecule has 1 saturated carbocycles. The average Bonchev–Trinajstić information content (AvgIpc) is 2.23. The normalized spacial score (nSPS) is 31.5. The van der Waals surface area contributed by atoms with Crippen LogP contribution in [0.2, 0.25) is 0 Å². The van der Waals surface area contributed by atoms with E-state index in [1.165, 1.54) is 25.7 Å². The zero-order chi connectivity index (χ0) is 11.3. The van der Waals surface area contributed by atoms with Gasteiger partial charge in [-0.15, -0.1) is 0 Å². The number of halogens is 2. The Morgan fingerprint density at radius 1 is 1.40 bits per heavy atom. The quantitative estimate of drug-likeness (QED) is 0.528. The summed E-state index contributed by atoms with van der Waals surface area (Å²) in [6.45, 7) is 2.17. The van der Waals surface area contributed by atoms with E-state index in [9.17, 15) is 4.79 Å². The molecular formula is C12H20Br2O. The Morgan fingerprint density at radius 2 is 2.13 bits per heavy atom. The highest BCUT2D eigenvalue weighted by Gasteiger charge is 2.42. The van der Waals surface area contributed by atoms with Crippen LogP contribution in [0.25, 0.3) is 0 Å². The Morgan fingerprint density at radius 3 is 2.73 bits per heavy atom. The van der Waals surface area contributed by atoms with Crippen molar-refractivity contribution in [2.75, 3.05) is 0 Å². The lowest BCUT2D eigenvalue weighted by atomic mass is 9.84. The minimum absolute atomic E-state index is 0.265. The molecule has 1 fully saturated rings. The first-order valence-corrected chi connectivity index (χ1v) is 7.68. The van der Waals surface area contributed by atoms with Crippen LogP contribution in [0.15, 0.2) is 0 Å². The number of Topliss-reactive ketones (excluding diaryl/α,β-unsaturated/α-hetero) is 1. The van der Waals surface area contributed by atoms with E-state index in [-0.39, 0.29) is 4.32 Å². The van der Waals surface area contributed by atoms with E-state index in [4.69, 9.17) is 0 Å². The summed E-state index contributed by atoms with van der Waals surface area (Å²) >= 11 is 7.34. The lowest BCUT2D eigenvalue weighted by Gasteiger charge is -2.35. The van der Waals surface area contributed by atoms with Gasteiger partial charge in [0.1, 0.15) is 0 Å². The molecule has 88 valence electrons. The molecule has 0 N–H and O–H groups in total. The number of carbonyl (C=O) groups excluding carboxylic acids is 1. The third kappa shape index (κ3) is 3.55. The average molecular weight is 340 g/mol. The standard InChI is InChI=1S/C12H20Br2O/c1-2-3-4-8-11(15)12(14)9-6-5-7-10(12)13/h10H,2-9H2,1H3. The van der Waals surface area contributed by atoms with Crippen LogP contribution in [0.5, 0.6) is 0 Å². The SMILES string of the molecule is CCCCCC(=O)C1(Br)CCCCC1Br. The van der Waals surface area contributed by atoms with Crippen molar-refractivity contribution in [3.8, 4) is 0 Å². The fraction of sp³-hybridized carbons (Fsp3) is 0.917. The predicted molar refractivity (Wildman–Crippen MR) is 72.0 cm³/mol. The van der Waals surface area contributed by atoms with Crippen LogP contribution in [0.3, 0.4) is 0 Å². The van der Waals surface area contributed by atoms with Gasteiger partial charge in [0.05, 0.1) is 4.32 Å². The number of rotatable bonds is 5. The van der Waals surface area contributed by atoms with Crippen molar-refractivity contribution in [1.82, 2.24) is 0 Å². The van der Waals surface area contributed by atoms with Gasteiger partial charge in [-0.05, 0) is 19.3 Å². The van der Waals surface area contributed by atoms with E-state index in [2.05, 4.69) is 38.8 Å². The van der Waals surface area contributed by atoms with Crippen molar-refractivity contribution in [2.24, 2.45) is 0 Å². The molecule has 0 heterocycles. The lowest BCUT2D eigenvalue weighted by molar-refractivity contribution is -0.121. The topological polar surface area (TPSA) is 17.1 Å². The third-order valence-electron chi connectivity index (χ3n) is 3.22.